The maximum Gasteiger partial charge on any atom is 0.178 e. The van der Waals surface area contributed by atoms with E-state index in [1.54, 1.807) is 18.2 Å². The standard InChI is InChI=1S/C8H7Br2NO.C8H8BrNO2/c1-5(12)8-3-6(10)2-7(4-9)11-8;1-5(12)8-3-6(9)2-7(4-11)10-8/h2-3H,4H2,1H3;2-3,11H,4H2,1H3. The molecule has 0 radical (unpaired) electrons. The fraction of sp³-hybridized carbons (Fsp3) is 0.250. The summed E-state index contributed by atoms with van der Waals surface area (Å²) in [4.78, 5) is 29.9. The zero-order valence-corrected chi connectivity index (χ0v) is 17.8. The van der Waals surface area contributed by atoms with Crippen LogP contribution >= 0.6 is 47.8 Å². The molecule has 8 heteroatoms. The van der Waals surface area contributed by atoms with Gasteiger partial charge in [0.25, 0.3) is 0 Å². The van der Waals surface area contributed by atoms with Gasteiger partial charge < -0.3 is 5.11 Å². The quantitative estimate of drug-likeness (QED) is 0.473. The first-order valence-electron chi connectivity index (χ1n) is 6.78. The molecule has 0 aliphatic heterocycles. The first kappa shape index (κ1) is 21.1. The largest absolute Gasteiger partial charge is 0.390 e. The Hall–Kier alpha value is -0.960. The number of aliphatic hydroxyl groups excluding tert-OH is 1. The van der Waals surface area contributed by atoms with Gasteiger partial charge >= 0.3 is 0 Å². The molecule has 0 spiro atoms. The van der Waals surface area contributed by atoms with Gasteiger partial charge in [-0.05, 0) is 24.3 Å². The summed E-state index contributed by atoms with van der Waals surface area (Å²) in [6.45, 7) is 2.79. The molecule has 2 aromatic rings. The molecule has 0 unspecified atom stereocenters. The Morgan fingerprint density at radius 1 is 0.917 bits per heavy atom. The number of carbonyl (C=O) groups excluding carboxylic acids is 2. The number of hydrogen-bond donors (Lipinski definition) is 1. The van der Waals surface area contributed by atoms with E-state index in [4.69, 9.17) is 5.11 Å². The van der Waals surface area contributed by atoms with Crippen molar-refractivity contribution >= 4 is 59.4 Å². The van der Waals surface area contributed by atoms with Crippen LogP contribution in [0, 0.1) is 0 Å². The molecule has 128 valence electrons. The Morgan fingerprint density at radius 3 is 1.71 bits per heavy atom. The van der Waals surface area contributed by atoms with Gasteiger partial charge in [0.05, 0.1) is 18.0 Å². The van der Waals surface area contributed by atoms with Crippen LogP contribution in [0.1, 0.15) is 46.2 Å². The number of hydrogen-bond acceptors (Lipinski definition) is 5. The number of rotatable bonds is 4. The number of nitrogens with zero attached hydrogens (tertiary/aromatic N) is 2. The van der Waals surface area contributed by atoms with Crippen LogP contribution < -0.4 is 0 Å². The third kappa shape index (κ3) is 6.88. The lowest BCUT2D eigenvalue weighted by Crippen LogP contribution is -2.00. The summed E-state index contributed by atoms with van der Waals surface area (Å²) in [7, 11) is 0. The molecule has 0 amide bonds. The Kier molecular flexibility index (Phi) is 8.90. The van der Waals surface area contributed by atoms with Crippen molar-refractivity contribution in [3.63, 3.8) is 0 Å². The SMILES string of the molecule is CC(=O)c1cc(Br)cc(CBr)n1.CC(=O)c1cc(Br)cc(CO)n1. The highest BCUT2D eigenvalue weighted by Crippen LogP contribution is 2.15. The summed E-state index contributed by atoms with van der Waals surface area (Å²) < 4.78 is 1.64. The van der Waals surface area contributed by atoms with Crippen LogP contribution in [0.25, 0.3) is 0 Å². The monoisotopic (exact) mass is 520 g/mol. The van der Waals surface area contributed by atoms with Crippen LogP contribution in [-0.4, -0.2) is 26.6 Å². The molecule has 2 aromatic heterocycles. The molecule has 1 N–H and O–H groups in total. The lowest BCUT2D eigenvalue weighted by Gasteiger charge is -1.99. The number of aromatic nitrogens is 2. The van der Waals surface area contributed by atoms with Gasteiger partial charge in [-0.2, -0.15) is 0 Å². The van der Waals surface area contributed by atoms with Crippen molar-refractivity contribution in [2.24, 2.45) is 0 Å². The Morgan fingerprint density at radius 2 is 1.33 bits per heavy atom. The van der Waals surface area contributed by atoms with Crippen LogP contribution in [0.2, 0.25) is 0 Å². The van der Waals surface area contributed by atoms with Gasteiger partial charge in [0.1, 0.15) is 11.4 Å². The van der Waals surface area contributed by atoms with Crippen molar-refractivity contribution in [2.75, 3.05) is 0 Å². The summed E-state index contributed by atoms with van der Waals surface area (Å²) in [6, 6.07) is 6.89. The molecule has 24 heavy (non-hydrogen) atoms. The zero-order valence-electron chi connectivity index (χ0n) is 13.0. The Balaban J connectivity index is 0.000000240. The van der Waals surface area contributed by atoms with E-state index in [2.05, 4.69) is 57.8 Å². The van der Waals surface area contributed by atoms with Crippen molar-refractivity contribution in [1.82, 2.24) is 9.97 Å². The molecule has 0 saturated carbocycles. The highest BCUT2D eigenvalue weighted by Gasteiger charge is 2.04. The first-order valence-corrected chi connectivity index (χ1v) is 9.49. The lowest BCUT2D eigenvalue weighted by molar-refractivity contribution is 0.1000. The van der Waals surface area contributed by atoms with E-state index in [0.29, 0.717) is 22.4 Å². The molecule has 0 atom stereocenters. The minimum Gasteiger partial charge on any atom is -0.390 e. The molecule has 0 saturated heterocycles. The average Bonchev–Trinajstić information content (AvgIpc) is 2.54. The molecular weight excluding hydrogens is 508 g/mol. The summed E-state index contributed by atoms with van der Waals surface area (Å²) in [6.07, 6.45) is 0. The second-order valence-corrected chi connectivity index (χ2v) is 7.12. The van der Waals surface area contributed by atoms with Crippen molar-refractivity contribution in [2.45, 2.75) is 25.8 Å². The molecule has 0 fully saturated rings. The number of ketones is 2. The van der Waals surface area contributed by atoms with Crippen LogP contribution in [0.3, 0.4) is 0 Å². The number of pyridine rings is 2. The number of halogens is 3. The van der Waals surface area contributed by atoms with Gasteiger partial charge in [-0.3, -0.25) is 9.59 Å². The summed E-state index contributed by atoms with van der Waals surface area (Å²) in [5.41, 5.74) is 2.22. The number of aliphatic hydroxyl groups is 1. The van der Waals surface area contributed by atoms with Gasteiger partial charge in [-0.1, -0.05) is 47.8 Å². The number of alkyl halides is 1. The maximum atomic E-state index is 11.0. The summed E-state index contributed by atoms with van der Waals surface area (Å²) in [5, 5.41) is 9.43. The van der Waals surface area contributed by atoms with Gasteiger partial charge in [0.2, 0.25) is 0 Å². The zero-order chi connectivity index (χ0) is 18.3. The van der Waals surface area contributed by atoms with E-state index in [9.17, 15) is 9.59 Å². The molecule has 2 heterocycles. The minimum atomic E-state index is -0.153. The maximum absolute atomic E-state index is 11.0. The third-order valence-electron chi connectivity index (χ3n) is 2.71. The van der Waals surface area contributed by atoms with Crippen LogP contribution in [0.15, 0.2) is 33.2 Å². The van der Waals surface area contributed by atoms with Gasteiger partial charge in [-0.25, -0.2) is 9.97 Å². The second-order valence-electron chi connectivity index (χ2n) is 4.73. The second kappa shape index (κ2) is 10.1. The fourth-order valence-corrected chi connectivity index (χ4v) is 2.86. The predicted octanol–water partition coefficient (Wildman–Crippen LogP) is 4.48. The Labute approximate surface area is 165 Å². The number of carbonyl (C=O) groups is 2. The van der Waals surface area contributed by atoms with Gasteiger partial charge in [0.15, 0.2) is 11.6 Å². The van der Waals surface area contributed by atoms with Gasteiger partial charge in [0, 0.05) is 28.1 Å². The molecular formula is C16H15Br3N2O3. The van der Waals surface area contributed by atoms with Crippen molar-refractivity contribution in [3.8, 4) is 0 Å². The molecule has 0 aromatic carbocycles. The topological polar surface area (TPSA) is 80.2 Å². The van der Waals surface area contributed by atoms with Gasteiger partial charge in [-0.15, -0.1) is 0 Å². The summed E-state index contributed by atoms with van der Waals surface area (Å²) in [5.74, 6) is -0.121. The molecule has 0 aliphatic carbocycles. The third-order valence-corrected chi connectivity index (χ3v) is 4.20. The fourth-order valence-electron chi connectivity index (χ4n) is 1.61. The Bertz CT molecular complexity index is 688. The normalized spacial score (nSPS) is 9.92. The van der Waals surface area contributed by atoms with E-state index in [-0.39, 0.29) is 18.2 Å². The highest BCUT2D eigenvalue weighted by atomic mass is 79.9. The highest BCUT2D eigenvalue weighted by molar-refractivity contribution is 9.10. The molecule has 5 nitrogen and oxygen atoms in total. The van der Waals surface area contributed by atoms with E-state index in [1.807, 2.05) is 6.07 Å². The van der Waals surface area contributed by atoms with E-state index >= 15 is 0 Å². The molecule has 2 rings (SSSR count). The lowest BCUT2D eigenvalue weighted by atomic mass is 10.2. The van der Waals surface area contributed by atoms with E-state index < -0.39 is 0 Å². The molecule has 0 aliphatic rings. The first-order chi connectivity index (χ1) is 11.3. The van der Waals surface area contributed by atoms with Crippen LogP contribution in [0.5, 0.6) is 0 Å². The minimum absolute atomic E-state index is 0.0153. The van der Waals surface area contributed by atoms with Crippen molar-refractivity contribution in [3.05, 3.63) is 56.0 Å². The molecule has 0 bridgehead atoms. The predicted molar refractivity (Wildman–Crippen MR) is 102 cm³/mol. The van der Waals surface area contributed by atoms with Crippen LogP contribution in [0.4, 0.5) is 0 Å². The van der Waals surface area contributed by atoms with Crippen molar-refractivity contribution in [1.29, 1.82) is 0 Å². The van der Waals surface area contributed by atoms with Crippen LogP contribution in [-0.2, 0) is 11.9 Å². The summed E-state index contributed by atoms with van der Waals surface area (Å²) >= 11 is 9.81. The average molecular weight is 523 g/mol. The number of Topliss-reactive ketones (excluding diaryl/α,β-unsaturated/α-hetero) is 2. The van der Waals surface area contributed by atoms with E-state index in [1.165, 1.54) is 13.8 Å². The van der Waals surface area contributed by atoms with E-state index in [0.717, 1.165) is 14.6 Å². The van der Waals surface area contributed by atoms with Crippen molar-refractivity contribution < 1.29 is 14.7 Å². The smallest absolute Gasteiger partial charge is 0.178 e.